The monoisotopic (exact) mass is 1170 g/mol. The highest BCUT2D eigenvalue weighted by molar-refractivity contribution is 5.80. The molecule has 0 bridgehead atoms. The van der Waals surface area contributed by atoms with Gasteiger partial charge in [0, 0.05) is 6.42 Å². The molecule has 11 nitrogen and oxygen atoms in total. The van der Waals surface area contributed by atoms with E-state index in [1.54, 1.807) is 6.08 Å². The van der Waals surface area contributed by atoms with Crippen LogP contribution in [0.15, 0.2) is 60.8 Å². The Hall–Kier alpha value is -2.64. The second kappa shape index (κ2) is 59.7. The summed E-state index contributed by atoms with van der Waals surface area (Å²) in [5, 5.41) is 57.2. The van der Waals surface area contributed by atoms with E-state index >= 15 is 0 Å². The fourth-order valence-corrected chi connectivity index (χ4v) is 10.8. The molecule has 0 spiro atoms. The first kappa shape index (κ1) is 78.4. The fraction of sp³-hybridized carbons (Fsp3) is 0.833. The number of rotatable bonds is 60. The molecule has 0 radical (unpaired) electrons. The molecule has 8 atom stereocenters. The molecule has 1 heterocycles. The zero-order chi connectivity index (χ0) is 60.3. The van der Waals surface area contributed by atoms with Crippen LogP contribution in [0.5, 0.6) is 0 Å². The number of hydrogen-bond donors (Lipinski definition) is 6. The molecule has 0 aromatic heterocycles. The van der Waals surface area contributed by atoms with Crippen LogP contribution >= 0.6 is 0 Å². The lowest BCUT2D eigenvalue weighted by Crippen LogP contribution is -2.61. The van der Waals surface area contributed by atoms with Gasteiger partial charge in [0.2, 0.25) is 5.91 Å². The van der Waals surface area contributed by atoms with Gasteiger partial charge < -0.3 is 45.1 Å². The van der Waals surface area contributed by atoms with Crippen molar-refractivity contribution < 1.29 is 49.3 Å². The fourth-order valence-electron chi connectivity index (χ4n) is 10.8. The van der Waals surface area contributed by atoms with E-state index in [0.717, 1.165) is 77.0 Å². The number of esters is 1. The van der Waals surface area contributed by atoms with Gasteiger partial charge in [0.1, 0.15) is 24.4 Å². The van der Waals surface area contributed by atoms with Crippen molar-refractivity contribution in [2.45, 2.75) is 372 Å². The molecule has 1 aliphatic rings. The zero-order valence-electron chi connectivity index (χ0n) is 53.8. The Morgan fingerprint density at radius 1 is 0.470 bits per heavy atom. The lowest BCUT2D eigenvalue weighted by Gasteiger charge is -2.41. The quantitative estimate of drug-likeness (QED) is 0.0195. The minimum Gasteiger partial charge on any atom is -0.454 e. The maximum absolute atomic E-state index is 13.5. The van der Waals surface area contributed by atoms with Gasteiger partial charge in [-0.1, -0.05) is 287 Å². The molecule has 0 aromatic rings. The van der Waals surface area contributed by atoms with Crippen LogP contribution in [-0.2, 0) is 23.8 Å². The summed E-state index contributed by atoms with van der Waals surface area (Å²) in [6.07, 6.45) is 65.4. The van der Waals surface area contributed by atoms with Crippen LogP contribution in [0.25, 0.3) is 0 Å². The van der Waals surface area contributed by atoms with Gasteiger partial charge in [0.05, 0.1) is 25.4 Å². The minimum absolute atomic E-state index is 0.123. The van der Waals surface area contributed by atoms with E-state index < -0.39 is 67.4 Å². The predicted octanol–water partition coefficient (Wildman–Crippen LogP) is 17.7. The Balaban J connectivity index is 2.57. The Kier molecular flexibility index (Phi) is 56.4. The summed E-state index contributed by atoms with van der Waals surface area (Å²) in [5.74, 6) is -1.19. The largest absolute Gasteiger partial charge is 0.454 e. The molecule has 11 heteroatoms. The molecule has 484 valence electrons. The molecule has 0 aromatic carbocycles. The molecule has 83 heavy (non-hydrogen) atoms. The first-order valence-electron chi connectivity index (χ1n) is 35.1. The lowest BCUT2D eigenvalue weighted by molar-refractivity contribution is -0.305. The van der Waals surface area contributed by atoms with E-state index in [-0.39, 0.29) is 19.4 Å². The van der Waals surface area contributed by atoms with Crippen molar-refractivity contribution in [2.75, 3.05) is 13.2 Å². The van der Waals surface area contributed by atoms with Crippen LogP contribution in [0.3, 0.4) is 0 Å². The number of nitrogens with one attached hydrogen (secondary N) is 1. The molecule has 1 saturated heterocycles. The summed E-state index contributed by atoms with van der Waals surface area (Å²) in [6, 6.07) is -1.03. The molecule has 1 rings (SSSR count). The van der Waals surface area contributed by atoms with Crippen molar-refractivity contribution >= 4 is 11.9 Å². The number of allylic oxidation sites excluding steroid dienone is 9. The van der Waals surface area contributed by atoms with Gasteiger partial charge in [-0.25, -0.2) is 0 Å². The van der Waals surface area contributed by atoms with Crippen LogP contribution in [0.2, 0.25) is 0 Å². The molecule has 1 amide bonds. The molecule has 0 saturated carbocycles. The van der Waals surface area contributed by atoms with E-state index in [2.05, 4.69) is 74.7 Å². The van der Waals surface area contributed by atoms with Crippen LogP contribution in [0.4, 0.5) is 0 Å². The highest BCUT2D eigenvalue weighted by Crippen LogP contribution is 2.26. The zero-order valence-corrected chi connectivity index (χ0v) is 53.8. The van der Waals surface area contributed by atoms with E-state index in [1.807, 2.05) is 6.08 Å². The second-order valence-electron chi connectivity index (χ2n) is 24.3. The van der Waals surface area contributed by atoms with E-state index in [9.17, 15) is 35.1 Å². The summed E-state index contributed by atoms with van der Waals surface area (Å²) in [6.45, 7) is 5.78. The van der Waals surface area contributed by atoms with Gasteiger partial charge in [-0.2, -0.15) is 0 Å². The van der Waals surface area contributed by atoms with Gasteiger partial charge in [-0.05, 0) is 89.9 Å². The van der Waals surface area contributed by atoms with E-state index in [0.29, 0.717) is 12.8 Å². The number of aliphatic hydroxyl groups is 5. The average Bonchev–Trinajstić information content (AvgIpc) is 3.52. The first-order chi connectivity index (χ1) is 40.7. The Labute approximate surface area is 509 Å². The molecular weight excluding hydrogens is 1040 g/mol. The Bertz CT molecular complexity index is 1580. The van der Waals surface area contributed by atoms with Crippen LogP contribution in [0, 0.1) is 0 Å². The number of ether oxygens (including phenoxy) is 3. The van der Waals surface area contributed by atoms with Gasteiger partial charge in [0.25, 0.3) is 0 Å². The highest BCUT2D eigenvalue weighted by Gasteiger charge is 2.47. The average molecular weight is 1170 g/mol. The van der Waals surface area contributed by atoms with E-state index in [4.69, 9.17) is 14.2 Å². The third-order valence-electron chi connectivity index (χ3n) is 16.4. The molecular formula is C72H131NO10. The van der Waals surface area contributed by atoms with Crippen molar-refractivity contribution in [2.24, 2.45) is 0 Å². The van der Waals surface area contributed by atoms with Crippen LogP contribution < -0.4 is 5.32 Å². The number of aliphatic hydroxyl groups excluding tert-OH is 5. The van der Waals surface area contributed by atoms with Gasteiger partial charge in [0.15, 0.2) is 12.4 Å². The standard InChI is InChI=1S/C72H131NO10/c1-4-7-10-13-16-19-22-24-26-28-30-32-34-35-37-39-41-44-47-50-53-56-59-65(76)71(80)73-63(64(75)58-55-52-49-46-43-21-18-15-12-9-6-3)62-81-72-70(69(79)68(78)66(61-74)82-72)83-67(77)60-57-54-51-48-45-42-40-38-36-33-31-29-27-25-23-20-17-14-11-8-5-2/h16,19,24-27,30,32,55,58,63-66,68-70,72,74-76,78-79H,4-15,17-18,20-23,28-29,31,33-54,56-57,59-62H2,1-3H3,(H,73,80)/b19-16-,26-24-,27-25+,32-30-,58-55+. The summed E-state index contributed by atoms with van der Waals surface area (Å²) < 4.78 is 17.7. The Morgan fingerprint density at radius 3 is 1.28 bits per heavy atom. The summed E-state index contributed by atoms with van der Waals surface area (Å²) in [7, 11) is 0. The van der Waals surface area contributed by atoms with Gasteiger partial charge in [-0.15, -0.1) is 0 Å². The number of hydrogen-bond acceptors (Lipinski definition) is 10. The third kappa shape index (κ3) is 47.2. The molecule has 8 unspecified atom stereocenters. The number of unbranched alkanes of at least 4 members (excludes halogenated alkanes) is 38. The van der Waals surface area contributed by atoms with Crippen molar-refractivity contribution in [1.82, 2.24) is 5.32 Å². The third-order valence-corrected chi connectivity index (χ3v) is 16.4. The maximum Gasteiger partial charge on any atom is 0.306 e. The summed E-state index contributed by atoms with van der Waals surface area (Å²) >= 11 is 0. The summed E-state index contributed by atoms with van der Waals surface area (Å²) in [5.41, 5.74) is 0. The maximum atomic E-state index is 13.5. The number of carbonyl (C=O) groups is 2. The Morgan fingerprint density at radius 2 is 0.831 bits per heavy atom. The molecule has 1 aliphatic heterocycles. The molecule has 1 fully saturated rings. The van der Waals surface area contributed by atoms with Crippen LogP contribution in [-0.4, -0.2) is 99.6 Å². The van der Waals surface area contributed by atoms with E-state index in [1.165, 1.54) is 199 Å². The van der Waals surface area contributed by atoms with Crippen molar-refractivity contribution in [3.05, 3.63) is 60.8 Å². The van der Waals surface area contributed by atoms with Gasteiger partial charge >= 0.3 is 5.97 Å². The van der Waals surface area contributed by atoms with Crippen LogP contribution in [0.1, 0.15) is 323 Å². The first-order valence-corrected chi connectivity index (χ1v) is 35.1. The molecule has 0 aliphatic carbocycles. The topological polar surface area (TPSA) is 175 Å². The lowest BCUT2D eigenvalue weighted by atomic mass is 9.99. The normalized spacial score (nSPS) is 18.9. The number of amides is 1. The predicted molar refractivity (Wildman–Crippen MR) is 347 cm³/mol. The number of carbonyl (C=O) groups excluding carboxylic acids is 2. The smallest absolute Gasteiger partial charge is 0.306 e. The van der Waals surface area contributed by atoms with Crippen molar-refractivity contribution in [3.8, 4) is 0 Å². The SMILES string of the molecule is CCCCC/C=C\C/C=C\C/C=C\CCCCCCCCCCCC(O)C(=O)NC(COC1OC(CO)C(O)C(O)C1OC(=O)CCCCCCCCCCCCC/C=C/CCCCCCCC)C(O)/C=C/CCCCCCCCCCC. The highest BCUT2D eigenvalue weighted by atomic mass is 16.7. The minimum atomic E-state index is -1.62. The molecule has 6 N–H and O–H groups in total. The van der Waals surface area contributed by atoms with Gasteiger partial charge in [-0.3, -0.25) is 9.59 Å². The van der Waals surface area contributed by atoms with Crippen molar-refractivity contribution in [1.29, 1.82) is 0 Å². The second-order valence-corrected chi connectivity index (χ2v) is 24.3. The summed E-state index contributed by atoms with van der Waals surface area (Å²) in [4.78, 5) is 26.6. The van der Waals surface area contributed by atoms with Crippen molar-refractivity contribution in [3.63, 3.8) is 0 Å².